The molecule has 0 bridgehead atoms. The molecule has 0 N–H and O–H groups in total. The third-order valence-corrected chi connectivity index (χ3v) is 3.78. The lowest BCUT2D eigenvalue weighted by Crippen LogP contribution is -2.24. The van der Waals surface area contributed by atoms with Crippen molar-refractivity contribution in [2.75, 3.05) is 0 Å². The molecular weight excluding hydrogens is 174 g/mol. The van der Waals surface area contributed by atoms with Gasteiger partial charge in [-0.1, -0.05) is 37.3 Å². The minimum atomic E-state index is -3.92. The van der Waals surface area contributed by atoms with Crippen molar-refractivity contribution >= 4 is 8.74 Å². The SMILES string of the molecule is CC[Si](F)(F)Cc1ccccc1. The third-order valence-electron chi connectivity index (χ3n) is 1.82. The molecule has 0 heterocycles. The zero-order valence-corrected chi connectivity index (χ0v) is 8.06. The van der Waals surface area contributed by atoms with Gasteiger partial charge in [-0.3, -0.25) is 8.22 Å². The Morgan fingerprint density at radius 1 is 1.17 bits per heavy atom. The summed E-state index contributed by atoms with van der Waals surface area (Å²) in [6.45, 7) is 1.56. The number of hydrogen-bond acceptors (Lipinski definition) is 0. The molecule has 0 amide bonds. The van der Waals surface area contributed by atoms with Crippen LogP contribution < -0.4 is 0 Å². The Morgan fingerprint density at radius 2 is 1.75 bits per heavy atom. The van der Waals surface area contributed by atoms with E-state index in [-0.39, 0.29) is 12.1 Å². The van der Waals surface area contributed by atoms with E-state index in [0.29, 0.717) is 0 Å². The minimum Gasteiger partial charge on any atom is -0.270 e. The predicted octanol–water partition coefficient (Wildman–Crippen LogP) is 3.17. The molecule has 3 heteroatoms. The summed E-state index contributed by atoms with van der Waals surface area (Å²) < 4.78 is 26.0. The lowest BCUT2D eigenvalue weighted by molar-refractivity contribution is 0.591. The highest BCUT2D eigenvalue weighted by molar-refractivity contribution is 6.65. The standard InChI is InChI=1S/C9H12F2Si/c1-2-12(10,11)8-9-6-4-3-5-7-9/h3-7H,2,8H2,1H3. The van der Waals surface area contributed by atoms with Crippen LogP contribution in [-0.4, -0.2) is 8.74 Å². The summed E-state index contributed by atoms with van der Waals surface area (Å²) in [5.41, 5.74) is 0.760. The van der Waals surface area contributed by atoms with E-state index >= 15 is 0 Å². The van der Waals surface area contributed by atoms with E-state index < -0.39 is 8.74 Å². The maximum absolute atomic E-state index is 13.0. The number of hydrogen-bond donors (Lipinski definition) is 0. The molecule has 1 aromatic carbocycles. The first-order valence-electron chi connectivity index (χ1n) is 4.06. The van der Waals surface area contributed by atoms with Crippen LogP contribution in [0.5, 0.6) is 0 Å². The molecule has 0 fully saturated rings. The van der Waals surface area contributed by atoms with Gasteiger partial charge >= 0.3 is 8.74 Å². The summed E-state index contributed by atoms with van der Waals surface area (Å²) in [6, 6.07) is 9.00. The van der Waals surface area contributed by atoms with Gasteiger partial charge in [0.25, 0.3) is 0 Å². The summed E-state index contributed by atoms with van der Waals surface area (Å²) in [6.07, 6.45) is 0. The van der Waals surface area contributed by atoms with Gasteiger partial charge in [0.15, 0.2) is 0 Å². The highest BCUT2D eigenvalue weighted by atomic mass is 28.4. The molecule has 12 heavy (non-hydrogen) atoms. The largest absolute Gasteiger partial charge is 0.428 e. The second kappa shape index (κ2) is 3.80. The van der Waals surface area contributed by atoms with E-state index in [9.17, 15) is 8.22 Å². The molecule has 0 aliphatic rings. The van der Waals surface area contributed by atoms with Crippen molar-refractivity contribution in [3.63, 3.8) is 0 Å². The van der Waals surface area contributed by atoms with E-state index in [2.05, 4.69) is 0 Å². The van der Waals surface area contributed by atoms with Gasteiger partial charge in [0.1, 0.15) is 0 Å². The fourth-order valence-electron chi connectivity index (χ4n) is 1.02. The van der Waals surface area contributed by atoms with Gasteiger partial charge in [-0.15, -0.1) is 0 Å². The van der Waals surface area contributed by atoms with E-state index in [1.54, 1.807) is 31.2 Å². The van der Waals surface area contributed by atoms with E-state index in [4.69, 9.17) is 0 Å². The molecule has 0 aromatic heterocycles. The Morgan fingerprint density at radius 3 is 2.25 bits per heavy atom. The fraction of sp³-hybridized carbons (Fsp3) is 0.333. The van der Waals surface area contributed by atoms with Crippen molar-refractivity contribution in [2.45, 2.75) is 19.0 Å². The Hall–Kier alpha value is -0.703. The summed E-state index contributed by atoms with van der Waals surface area (Å²) in [5, 5.41) is 0. The van der Waals surface area contributed by atoms with Crippen LogP contribution in [0.1, 0.15) is 12.5 Å². The quantitative estimate of drug-likeness (QED) is 0.502. The van der Waals surface area contributed by atoms with Gasteiger partial charge in [-0.2, -0.15) is 0 Å². The second-order valence-corrected chi connectivity index (χ2v) is 5.64. The van der Waals surface area contributed by atoms with Gasteiger partial charge in [0.05, 0.1) is 0 Å². The molecule has 0 aliphatic carbocycles. The zero-order chi connectivity index (χ0) is 9.03. The molecule has 0 saturated carbocycles. The van der Waals surface area contributed by atoms with E-state index in [1.807, 2.05) is 6.07 Å². The average molecular weight is 186 g/mol. The van der Waals surface area contributed by atoms with Gasteiger partial charge in [-0.05, 0) is 11.6 Å². The van der Waals surface area contributed by atoms with Crippen molar-refractivity contribution in [3.05, 3.63) is 35.9 Å². The molecular formula is C9H12F2Si. The Labute approximate surface area is 72.6 Å². The van der Waals surface area contributed by atoms with Crippen LogP contribution in [0, 0.1) is 0 Å². The summed E-state index contributed by atoms with van der Waals surface area (Å²) in [7, 11) is -3.92. The van der Waals surface area contributed by atoms with Gasteiger partial charge in [-0.25, -0.2) is 0 Å². The number of benzene rings is 1. The van der Waals surface area contributed by atoms with Crippen molar-refractivity contribution in [2.24, 2.45) is 0 Å². The first-order valence-corrected chi connectivity index (χ1v) is 6.23. The first kappa shape index (κ1) is 9.39. The van der Waals surface area contributed by atoms with Crippen LogP contribution in [0.15, 0.2) is 30.3 Å². The molecule has 0 atom stereocenters. The highest BCUT2D eigenvalue weighted by Crippen LogP contribution is 2.18. The number of rotatable bonds is 3. The summed E-state index contributed by atoms with van der Waals surface area (Å²) >= 11 is 0. The monoisotopic (exact) mass is 186 g/mol. The smallest absolute Gasteiger partial charge is 0.270 e. The van der Waals surface area contributed by atoms with Crippen molar-refractivity contribution in [3.8, 4) is 0 Å². The summed E-state index contributed by atoms with van der Waals surface area (Å²) in [5.74, 6) is 0. The average Bonchev–Trinajstić information content (AvgIpc) is 2.06. The molecule has 0 spiro atoms. The van der Waals surface area contributed by atoms with Crippen molar-refractivity contribution < 1.29 is 8.22 Å². The maximum atomic E-state index is 13.0. The van der Waals surface area contributed by atoms with Crippen molar-refractivity contribution in [1.29, 1.82) is 0 Å². The van der Waals surface area contributed by atoms with Crippen LogP contribution in [0.2, 0.25) is 6.04 Å². The van der Waals surface area contributed by atoms with Gasteiger partial charge in [0, 0.05) is 6.04 Å². The topological polar surface area (TPSA) is 0 Å². The normalized spacial score (nSPS) is 11.6. The van der Waals surface area contributed by atoms with Crippen LogP contribution in [0.25, 0.3) is 0 Å². The predicted molar refractivity (Wildman–Crippen MR) is 48.6 cm³/mol. The Balaban J connectivity index is 2.64. The Bertz CT molecular complexity index is 234. The summed E-state index contributed by atoms with van der Waals surface area (Å²) in [4.78, 5) is 0. The molecule has 66 valence electrons. The first-order chi connectivity index (χ1) is 5.64. The van der Waals surface area contributed by atoms with Gasteiger partial charge < -0.3 is 0 Å². The molecule has 0 unspecified atom stereocenters. The van der Waals surface area contributed by atoms with Crippen molar-refractivity contribution in [1.82, 2.24) is 0 Å². The van der Waals surface area contributed by atoms with Crippen LogP contribution in [0.3, 0.4) is 0 Å². The maximum Gasteiger partial charge on any atom is 0.428 e. The second-order valence-electron chi connectivity index (χ2n) is 2.87. The van der Waals surface area contributed by atoms with Gasteiger partial charge in [0.2, 0.25) is 0 Å². The molecule has 0 nitrogen and oxygen atoms in total. The highest BCUT2D eigenvalue weighted by Gasteiger charge is 2.32. The minimum absolute atomic E-state index is 0.00958. The molecule has 1 aromatic rings. The fourth-order valence-corrected chi connectivity index (χ4v) is 2.10. The molecule has 0 aliphatic heterocycles. The third kappa shape index (κ3) is 2.74. The molecule has 1 rings (SSSR count). The lowest BCUT2D eigenvalue weighted by Gasteiger charge is -2.09. The lowest BCUT2D eigenvalue weighted by atomic mass is 10.2. The van der Waals surface area contributed by atoms with Crippen LogP contribution in [0.4, 0.5) is 8.22 Å². The van der Waals surface area contributed by atoms with Crippen LogP contribution >= 0.6 is 0 Å². The van der Waals surface area contributed by atoms with E-state index in [1.165, 1.54) is 0 Å². The molecule has 0 radical (unpaired) electrons. The van der Waals surface area contributed by atoms with E-state index in [0.717, 1.165) is 5.56 Å². The Kier molecular flexibility index (Phi) is 2.97. The molecule has 0 saturated heterocycles. The zero-order valence-electron chi connectivity index (χ0n) is 7.06. The van der Waals surface area contributed by atoms with Crippen LogP contribution in [-0.2, 0) is 6.04 Å². The number of halogens is 2.